The molecule has 0 atom stereocenters. The van der Waals surface area contributed by atoms with Gasteiger partial charge in [-0.2, -0.15) is 7.82 Å². The molecule has 0 spiro atoms. The fraction of sp³-hybridized carbons (Fsp3) is 1.00. The van der Waals surface area contributed by atoms with Crippen LogP contribution in [-0.4, -0.2) is 13.2 Å². The molecule has 10 heavy (non-hydrogen) atoms. The van der Waals surface area contributed by atoms with Gasteiger partial charge in [0.05, 0.1) is 0 Å². The van der Waals surface area contributed by atoms with E-state index in [1.165, 1.54) is 12.8 Å². The van der Waals surface area contributed by atoms with Gasteiger partial charge in [-0.05, 0) is 12.8 Å². The topological polar surface area (TPSA) is 95.5 Å². The van der Waals surface area contributed by atoms with Gasteiger partial charge >= 0.3 is 0 Å². The third-order valence-corrected chi connectivity index (χ3v) is 0.827. The van der Waals surface area contributed by atoms with Gasteiger partial charge in [0.1, 0.15) is 0 Å². The molecule has 1 heterocycles. The Morgan fingerprint density at radius 2 is 1.40 bits per heavy atom. The van der Waals surface area contributed by atoms with Gasteiger partial charge in [0.2, 0.25) is 0 Å². The number of hydrogen-bond acceptors (Lipinski definition) is 5. The lowest BCUT2D eigenvalue weighted by molar-refractivity contribution is -0.432. The summed E-state index contributed by atoms with van der Waals surface area (Å²) < 4.78 is 13.5. The van der Waals surface area contributed by atoms with E-state index < -0.39 is 7.82 Å². The predicted molar refractivity (Wildman–Crippen MR) is 27.7 cm³/mol. The van der Waals surface area contributed by atoms with Crippen LogP contribution in [0.4, 0.5) is 0 Å². The second-order valence-electron chi connectivity index (χ2n) is 1.77. The molecule has 0 aromatic rings. The third kappa shape index (κ3) is 15.7. The molecule has 1 fully saturated rings. The van der Waals surface area contributed by atoms with Crippen LogP contribution in [-0.2, 0) is 9.30 Å². The van der Waals surface area contributed by atoms with Gasteiger partial charge in [0, 0.05) is 13.2 Å². The first kappa shape index (κ1) is 10.1. The van der Waals surface area contributed by atoms with Crippen LogP contribution in [0, 0.1) is 0 Å². The molecule has 0 amide bonds. The Labute approximate surface area is 58.9 Å². The first-order valence-electron chi connectivity index (χ1n) is 2.81. The SMILES string of the molecule is C1CCOC1.O=P([O-])([O-])[O-]. The molecule has 0 aromatic heterocycles. The smallest absolute Gasteiger partial charge is 0.0466 e. The standard InChI is InChI=1S/C4H8O.H3O4P/c1-2-4-5-3-1;1-5(2,3)4/h1-4H2;(H3,1,2,3,4)/p-3. The van der Waals surface area contributed by atoms with E-state index in [4.69, 9.17) is 24.0 Å². The zero-order valence-electron chi connectivity index (χ0n) is 5.32. The lowest BCUT2D eigenvalue weighted by Gasteiger charge is -2.36. The third-order valence-electron chi connectivity index (χ3n) is 0.827. The summed E-state index contributed by atoms with van der Waals surface area (Å²) in [5.41, 5.74) is 0. The summed E-state index contributed by atoms with van der Waals surface area (Å²) in [5, 5.41) is 0. The summed E-state index contributed by atoms with van der Waals surface area (Å²) in [7, 11) is -5.39. The Kier molecular flexibility index (Phi) is 4.85. The minimum absolute atomic E-state index is 1.00. The summed E-state index contributed by atoms with van der Waals surface area (Å²) in [4.78, 5) is 25.6. The molecule has 6 heteroatoms. The van der Waals surface area contributed by atoms with Gasteiger partial charge < -0.3 is 24.0 Å². The second kappa shape index (κ2) is 4.82. The van der Waals surface area contributed by atoms with Gasteiger partial charge in [-0.3, -0.25) is 0 Å². The van der Waals surface area contributed by atoms with Crippen molar-refractivity contribution in [3.63, 3.8) is 0 Å². The maximum absolute atomic E-state index is 8.55. The van der Waals surface area contributed by atoms with Gasteiger partial charge in [0.25, 0.3) is 0 Å². The first-order valence-corrected chi connectivity index (χ1v) is 4.27. The molecule has 0 radical (unpaired) electrons. The minimum Gasteiger partial charge on any atom is -0.822 e. The lowest BCUT2D eigenvalue weighted by Crippen LogP contribution is -2.24. The molecule has 62 valence electrons. The van der Waals surface area contributed by atoms with Crippen LogP contribution in [0.3, 0.4) is 0 Å². The highest BCUT2D eigenvalue weighted by molar-refractivity contribution is 7.40. The predicted octanol–water partition coefficient (Wildman–Crippen LogP) is -2.03. The zero-order valence-corrected chi connectivity index (χ0v) is 6.21. The average molecular weight is 167 g/mol. The van der Waals surface area contributed by atoms with Crippen molar-refractivity contribution in [2.75, 3.05) is 13.2 Å². The molecule has 0 aromatic carbocycles. The van der Waals surface area contributed by atoms with E-state index in [-0.39, 0.29) is 0 Å². The van der Waals surface area contributed by atoms with E-state index in [0.717, 1.165) is 13.2 Å². The van der Waals surface area contributed by atoms with Crippen LogP contribution in [0.15, 0.2) is 0 Å². The van der Waals surface area contributed by atoms with Crippen molar-refractivity contribution in [2.45, 2.75) is 12.8 Å². The fourth-order valence-electron chi connectivity index (χ4n) is 0.510. The highest BCUT2D eigenvalue weighted by Crippen LogP contribution is 2.03. The maximum Gasteiger partial charge on any atom is 0.0466 e. The molecule has 5 nitrogen and oxygen atoms in total. The summed E-state index contributed by atoms with van der Waals surface area (Å²) in [5.74, 6) is 0. The number of ether oxygens (including phenoxy) is 1. The zero-order chi connectivity index (χ0) is 8.04. The van der Waals surface area contributed by atoms with Crippen molar-refractivity contribution in [3.8, 4) is 0 Å². The lowest BCUT2D eigenvalue weighted by atomic mass is 10.4. The van der Waals surface area contributed by atoms with E-state index >= 15 is 0 Å². The Bertz CT molecular complexity index is 98.9. The number of rotatable bonds is 0. The largest absolute Gasteiger partial charge is 0.822 e. The molecule has 0 bridgehead atoms. The number of phosphoric acid groups is 1. The molecular formula is C4H8O5P-3. The number of hydrogen-bond donors (Lipinski definition) is 0. The van der Waals surface area contributed by atoms with Crippen molar-refractivity contribution < 1.29 is 24.0 Å². The molecule has 1 aliphatic heterocycles. The maximum atomic E-state index is 8.55. The monoisotopic (exact) mass is 167 g/mol. The van der Waals surface area contributed by atoms with Gasteiger partial charge in [-0.15, -0.1) is 0 Å². The molecule has 0 N–H and O–H groups in total. The van der Waals surface area contributed by atoms with E-state index in [9.17, 15) is 0 Å². The van der Waals surface area contributed by atoms with Crippen molar-refractivity contribution in [2.24, 2.45) is 0 Å². The molecule has 1 saturated heterocycles. The Morgan fingerprint density at radius 3 is 1.50 bits per heavy atom. The van der Waals surface area contributed by atoms with Crippen LogP contribution >= 0.6 is 7.82 Å². The van der Waals surface area contributed by atoms with Crippen molar-refractivity contribution in [3.05, 3.63) is 0 Å². The van der Waals surface area contributed by atoms with E-state index in [1.807, 2.05) is 0 Å². The Balaban J connectivity index is 0.000000162. The minimum atomic E-state index is -5.39. The van der Waals surface area contributed by atoms with Crippen molar-refractivity contribution in [1.29, 1.82) is 0 Å². The van der Waals surface area contributed by atoms with Crippen LogP contribution in [0.5, 0.6) is 0 Å². The summed E-state index contributed by atoms with van der Waals surface area (Å²) in [6.45, 7) is 2.00. The normalized spacial score (nSPS) is 17.9. The molecule has 0 aliphatic carbocycles. The highest BCUT2D eigenvalue weighted by Gasteiger charge is 1.94. The van der Waals surface area contributed by atoms with E-state index in [0.29, 0.717) is 0 Å². The molecule has 1 aliphatic rings. The van der Waals surface area contributed by atoms with Crippen LogP contribution in [0.1, 0.15) is 12.8 Å². The average Bonchev–Trinajstić information content (AvgIpc) is 2.07. The van der Waals surface area contributed by atoms with Crippen LogP contribution in [0.25, 0.3) is 0 Å². The first-order chi connectivity index (χ1) is 4.50. The second-order valence-corrected chi connectivity index (χ2v) is 2.66. The fourth-order valence-corrected chi connectivity index (χ4v) is 0.510. The van der Waals surface area contributed by atoms with Gasteiger partial charge in [0.15, 0.2) is 0 Å². The molecule has 0 unspecified atom stereocenters. The Morgan fingerprint density at radius 1 is 1.10 bits per heavy atom. The van der Waals surface area contributed by atoms with Crippen molar-refractivity contribution >= 4 is 7.82 Å². The summed E-state index contributed by atoms with van der Waals surface area (Å²) in [6.07, 6.45) is 2.56. The highest BCUT2D eigenvalue weighted by atomic mass is 31.2. The van der Waals surface area contributed by atoms with Crippen LogP contribution < -0.4 is 14.7 Å². The van der Waals surface area contributed by atoms with Crippen molar-refractivity contribution in [1.82, 2.24) is 0 Å². The summed E-state index contributed by atoms with van der Waals surface area (Å²) in [6, 6.07) is 0. The quantitative estimate of drug-likeness (QED) is 0.388. The van der Waals surface area contributed by atoms with Gasteiger partial charge in [-0.25, -0.2) is 0 Å². The summed E-state index contributed by atoms with van der Waals surface area (Å²) >= 11 is 0. The molecular weight excluding hydrogens is 159 g/mol. The molecule has 1 rings (SSSR count). The van der Waals surface area contributed by atoms with Crippen LogP contribution in [0.2, 0.25) is 0 Å². The van der Waals surface area contributed by atoms with Gasteiger partial charge in [-0.1, -0.05) is 0 Å². The molecule has 0 saturated carbocycles. The van der Waals surface area contributed by atoms with E-state index in [1.54, 1.807) is 0 Å². The Hall–Kier alpha value is 0.0700. The van der Waals surface area contributed by atoms with E-state index in [2.05, 4.69) is 0 Å².